The number of carboxylic acids is 1. The minimum absolute atomic E-state index is 0.146. The number of benzene rings is 1. The van der Waals surface area contributed by atoms with Crippen molar-refractivity contribution in [1.82, 2.24) is 5.32 Å². The summed E-state index contributed by atoms with van der Waals surface area (Å²) in [5.74, 6) is -3.22. The predicted octanol–water partition coefficient (Wildman–Crippen LogP) is 1.62. The number of amides is 1. The van der Waals surface area contributed by atoms with E-state index in [-0.39, 0.29) is 17.8 Å². The van der Waals surface area contributed by atoms with Gasteiger partial charge in [-0.2, -0.15) is 0 Å². The van der Waals surface area contributed by atoms with Crippen molar-refractivity contribution in [3.8, 4) is 0 Å². The average molecular weight is 281 g/mol. The van der Waals surface area contributed by atoms with Crippen LogP contribution in [0.1, 0.15) is 30.6 Å². The Morgan fingerprint density at radius 2 is 1.95 bits per heavy atom. The molecule has 2 N–H and O–H groups in total. The number of ketones is 1. The fourth-order valence-electron chi connectivity index (χ4n) is 1.66. The second-order valence-electron chi connectivity index (χ2n) is 4.61. The molecule has 0 fully saturated rings. The first kappa shape index (κ1) is 15.8. The van der Waals surface area contributed by atoms with Crippen molar-refractivity contribution in [3.05, 3.63) is 35.6 Å². The average Bonchev–Trinajstić information content (AvgIpc) is 2.37. The second-order valence-corrected chi connectivity index (χ2v) is 4.61. The number of carboxylic acid groups (broad SMARTS) is 1. The zero-order valence-corrected chi connectivity index (χ0v) is 11.2. The fourth-order valence-corrected chi connectivity index (χ4v) is 1.66. The van der Waals surface area contributed by atoms with Crippen molar-refractivity contribution in [2.75, 3.05) is 0 Å². The molecule has 1 amide bonds. The second kappa shape index (κ2) is 6.79. The van der Waals surface area contributed by atoms with E-state index in [2.05, 4.69) is 5.32 Å². The topological polar surface area (TPSA) is 83.5 Å². The van der Waals surface area contributed by atoms with Gasteiger partial charge in [0.2, 0.25) is 5.91 Å². The van der Waals surface area contributed by atoms with E-state index in [0.29, 0.717) is 0 Å². The van der Waals surface area contributed by atoms with Crippen molar-refractivity contribution >= 4 is 17.7 Å². The summed E-state index contributed by atoms with van der Waals surface area (Å²) in [6.07, 6.45) is -0.146. The van der Waals surface area contributed by atoms with Crippen molar-refractivity contribution in [2.45, 2.75) is 26.3 Å². The number of rotatable bonds is 6. The van der Waals surface area contributed by atoms with Crippen LogP contribution in [0.4, 0.5) is 4.39 Å². The van der Waals surface area contributed by atoms with Crippen molar-refractivity contribution in [3.63, 3.8) is 0 Å². The lowest BCUT2D eigenvalue weighted by atomic mass is 9.96. The standard InChI is InChI=1S/C14H16FNO4/c1-8(6-12(17)16-9(2)14(19)20)13(18)10-4-3-5-11(15)7-10/h3-5,7-9H,6H2,1-2H3,(H,16,17)(H,19,20)/t8?,9-/m0/s1. The van der Waals surface area contributed by atoms with Crippen LogP contribution in [0.3, 0.4) is 0 Å². The Bertz CT molecular complexity index is 530. The van der Waals surface area contributed by atoms with Gasteiger partial charge in [-0.25, -0.2) is 4.39 Å². The maximum atomic E-state index is 13.0. The number of halogens is 1. The molecule has 0 spiro atoms. The molecule has 0 aliphatic carbocycles. The van der Waals surface area contributed by atoms with Crippen molar-refractivity contribution in [1.29, 1.82) is 0 Å². The summed E-state index contributed by atoms with van der Waals surface area (Å²) in [6.45, 7) is 2.87. The van der Waals surface area contributed by atoms with E-state index >= 15 is 0 Å². The Hall–Kier alpha value is -2.24. The normalized spacial score (nSPS) is 13.3. The van der Waals surface area contributed by atoms with E-state index in [9.17, 15) is 18.8 Å². The third kappa shape index (κ3) is 4.46. The number of carbonyl (C=O) groups excluding carboxylic acids is 2. The predicted molar refractivity (Wildman–Crippen MR) is 69.8 cm³/mol. The molecule has 5 nitrogen and oxygen atoms in total. The maximum absolute atomic E-state index is 13.0. The van der Waals surface area contributed by atoms with Crippen LogP contribution in [0.5, 0.6) is 0 Å². The van der Waals surface area contributed by atoms with Gasteiger partial charge in [0.05, 0.1) is 0 Å². The van der Waals surface area contributed by atoms with E-state index in [0.717, 1.165) is 6.07 Å². The largest absolute Gasteiger partial charge is 0.480 e. The van der Waals surface area contributed by atoms with Gasteiger partial charge in [-0.15, -0.1) is 0 Å². The molecule has 0 aliphatic rings. The smallest absolute Gasteiger partial charge is 0.325 e. The summed E-state index contributed by atoms with van der Waals surface area (Å²) in [6, 6.07) is 4.21. The zero-order chi connectivity index (χ0) is 15.3. The Balaban J connectivity index is 2.62. The van der Waals surface area contributed by atoms with Crippen LogP contribution in [0.15, 0.2) is 24.3 Å². The van der Waals surface area contributed by atoms with E-state index in [1.165, 1.54) is 32.0 Å². The molecular weight excluding hydrogens is 265 g/mol. The molecule has 0 aromatic heterocycles. The molecule has 20 heavy (non-hydrogen) atoms. The first-order valence-corrected chi connectivity index (χ1v) is 6.13. The van der Waals surface area contributed by atoms with Gasteiger partial charge in [0.15, 0.2) is 5.78 Å². The highest BCUT2D eigenvalue weighted by Crippen LogP contribution is 2.13. The van der Waals surface area contributed by atoms with E-state index in [1.807, 2.05) is 0 Å². The molecule has 1 unspecified atom stereocenters. The monoisotopic (exact) mass is 281 g/mol. The van der Waals surface area contributed by atoms with E-state index < -0.39 is 29.7 Å². The van der Waals surface area contributed by atoms with Gasteiger partial charge < -0.3 is 10.4 Å². The van der Waals surface area contributed by atoms with Crippen molar-refractivity contribution in [2.24, 2.45) is 5.92 Å². The van der Waals surface area contributed by atoms with Crippen molar-refractivity contribution < 1.29 is 23.9 Å². The molecule has 1 rings (SSSR count). The van der Waals surface area contributed by atoms with Gasteiger partial charge in [0.25, 0.3) is 0 Å². The fraction of sp³-hybridized carbons (Fsp3) is 0.357. The summed E-state index contributed by atoms with van der Waals surface area (Å²) in [5, 5.41) is 10.9. The first-order valence-electron chi connectivity index (χ1n) is 6.13. The van der Waals surface area contributed by atoms with Gasteiger partial charge in [0, 0.05) is 17.9 Å². The Morgan fingerprint density at radius 3 is 2.50 bits per heavy atom. The van der Waals surface area contributed by atoms with Crippen LogP contribution in [-0.2, 0) is 9.59 Å². The lowest BCUT2D eigenvalue weighted by Crippen LogP contribution is -2.39. The SMILES string of the molecule is CC(CC(=O)N[C@@H](C)C(=O)O)C(=O)c1cccc(F)c1. The van der Waals surface area contributed by atoms with Crippen LogP contribution in [0, 0.1) is 11.7 Å². The number of Topliss-reactive ketones (excluding diaryl/α,β-unsaturated/α-hetero) is 1. The highest BCUT2D eigenvalue weighted by atomic mass is 19.1. The third-order valence-electron chi connectivity index (χ3n) is 2.80. The van der Waals surface area contributed by atoms with Gasteiger partial charge in [-0.3, -0.25) is 14.4 Å². The van der Waals surface area contributed by atoms with Crippen LogP contribution in [0.2, 0.25) is 0 Å². The molecule has 108 valence electrons. The Labute approximate surface area is 115 Å². The molecule has 1 aromatic rings. The molecule has 6 heteroatoms. The van der Waals surface area contributed by atoms with Crippen LogP contribution in [-0.4, -0.2) is 28.8 Å². The third-order valence-corrected chi connectivity index (χ3v) is 2.80. The molecule has 0 radical (unpaired) electrons. The van der Waals surface area contributed by atoms with Gasteiger partial charge in [-0.1, -0.05) is 19.1 Å². The molecule has 1 aromatic carbocycles. The molecule has 2 atom stereocenters. The van der Waals surface area contributed by atoms with Crippen LogP contribution in [0.25, 0.3) is 0 Å². The summed E-state index contributed by atoms with van der Waals surface area (Å²) >= 11 is 0. The molecular formula is C14H16FNO4. The summed E-state index contributed by atoms with van der Waals surface area (Å²) in [4.78, 5) is 34.1. The molecule has 0 heterocycles. The van der Waals surface area contributed by atoms with Crippen LogP contribution >= 0.6 is 0 Å². The van der Waals surface area contributed by atoms with Gasteiger partial charge >= 0.3 is 5.97 Å². The van der Waals surface area contributed by atoms with E-state index in [1.54, 1.807) is 0 Å². The van der Waals surface area contributed by atoms with Gasteiger partial charge in [0.1, 0.15) is 11.9 Å². The summed E-state index contributed by atoms with van der Waals surface area (Å²) in [7, 11) is 0. The quantitative estimate of drug-likeness (QED) is 0.776. The number of nitrogens with one attached hydrogen (secondary N) is 1. The summed E-state index contributed by atoms with van der Waals surface area (Å²) < 4.78 is 13.0. The highest BCUT2D eigenvalue weighted by Gasteiger charge is 2.21. The lowest BCUT2D eigenvalue weighted by Gasteiger charge is -2.13. The number of carbonyl (C=O) groups is 3. The zero-order valence-electron chi connectivity index (χ0n) is 11.2. The van der Waals surface area contributed by atoms with E-state index in [4.69, 9.17) is 5.11 Å². The minimum Gasteiger partial charge on any atom is -0.480 e. The van der Waals surface area contributed by atoms with Crippen LogP contribution < -0.4 is 5.32 Å². The molecule has 0 saturated heterocycles. The minimum atomic E-state index is -1.15. The number of aliphatic carboxylic acids is 1. The van der Waals surface area contributed by atoms with Gasteiger partial charge in [-0.05, 0) is 19.1 Å². The summed E-state index contributed by atoms with van der Waals surface area (Å²) in [5.41, 5.74) is 0.191. The maximum Gasteiger partial charge on any atom is 0.325 e. The Kier molecular flexibility index (Phi) is 5.37. The Morgan fingerprint density at radius 1 is 1.30 bits per heavy atom. The highest BCUT2D eigenvalue weighted by molar-refractivity contribution is 5.99. The first-order chi connectivity index (χ1) is 9.31. The number of hydrogen-bond acceptors (Lipinski definition) is 3. The molecule has 0 saturated carbocycles. The lowest BCUT2D eigenvalue weighted by molar-refractivity contribution is -0.141. The number of hydrogen-bond donors (Lipinski definition) is 2. The molecule has 0 bridgehead atoms. The molecule has 0 aliphatic heterocycles.